The second-order valence-electron chi connectivity index (χ2n) is 5.36. The zero-order valence-corrected chi connectivity index (χ0v) is 14.9. The molecule has 3 rings (SSSR count). The summed E-state index contributed by atoms with van der Waals surface area (Å²) in [6.45, 7) is 6.30. The lowest BCUT2D eigenvalue weighted by Crippen LogP contribution is -2.23. The van der Waals surface area contributed by atoms with Gasteiger partial charge in [-0.1, -0.05) is 16.9 Å². The molecular formula is C16H18N6O2S. The van der Waals surface area contributed by atoms with Crippen LogP contribution in [0.25, 0.3) is 11.4 Å². The van der Waals surface area contributed by atoms with Crippen LogP contribution in [-0.2, 0) is 11.3 Å². The van der Waals surface area contributed by atoms with E-state index in [1.165, 1.54) is 11.8 Å². The molecule has 0 aliphatic heterocycles. The first-order valence-electron chi connectivity index (χ1n) is 7.83. The molecule has 0 spiro atoms. The molecule has 0 fully saturated rings. The van der Waals surface area contributed by atoms with E-state index in [0.717, 1.165) is 11.4 Å². The smallest absolute Gasteiger partial charge is 0.238 e. The number of anilines is 1. The standard InChI is InChI=1S/C16H18N6O2S/c1-4-22-14(12-5-7-17-8-6-12)19-20-16(22)25-11(3)15(23)18-13-9-10(2)24-21-13/h5-9,11H,4H2,1-3H3,(H,18,21,23). The van der Waals surface area contributed by atoms with Gasteiger partial charge in [0.05, 0.1) is 5.25 Å². The monoisotopic (exact) mass is 358 g/mol. The molecule has 25 heavy (non-hydrogen) atoms. The molecule has 3 aromatic rings. The third-order valence-corrected chi connectivity index (χ3v) is 4.58. The fourth-order valence-corrected chi connectivity index (χ4v) is 3.15. The van der Waals surface area contributed by atoms with Crippen LogP contribution < -0.4 is 5.32 Å². The van der Waals surface area contributed by atoms with Crippen molar-refractivity contribution >= 4 is 23.5 Å². The summed E-state index contributed by atoms with van der Waals surface area (Å²) in [7, 11) is 0. The predicted molar refractivity (Wildman–Crippen MR) is 94.1 cm³/mol. The van der Waals surface area contributed by atoms with Crippen LogP contribution in [0, 0.1) is 6.92 Å². The van der Waals surface area contributed by atoms with Crippen LogP contribution in [0.2, 0.25) is 0 Å². The number of hydrogen-bond acceptors (Lipinski definition) is 7. The Morgan fingerprint density at radius 1 is 1.36 bits per heavy atom. The van der Waals surface area contributed by atoms with Gasteiger partial charge in [-0.3, -0.25) is 9.78 Å². The molecule has 1 atom stereocenters. The summed E-state index contributed by atoms with van der Waals surface area (Å²) in [4.78, 5) is 16.3. The van der Waals surface area contributed by atoms with Crippen molar-refractivity contribution in [3.8, 4) is 11.4 Å². The summed E-state index contributed by atoms with van der Waals surface area (Å²) in [5.74, 6) is 1.63. The Morgan fingerprint density at radius 2 is 2.12 bits per heavy atom. The summed E-state index contributed by atoms with van der Waals surface area (Å²) in [6, 6.07) is 5.44. The molecule has 0 aromatic carbocycles. The highest BCUT2D eigenvalue weighted by molar-refractivity contribution is 8.00. The normalized spacial score (nSPS) is 12.1. The molecule has 1 N–H and O–H groups in total. The van der Waals surface area contributed by atoms with Crippen LogP contribution in [0.15, 0.2) is 40.3 Å². The average molecular weight is 358 g/mol. The van der Waals surface area contributed by atoms with Crippen molar-refractivity contribution in [2.75, 3.05) is 5.32 Å². The lowest BCUT2D eigenvalue weighted by molar-refractivity contribution is -0.115. The molecule has 0 aliphatic carbocycles. The van der Waals surface area contributed by atoms with Gasteiger partial charge < -0.3 is 14.4 Å². The van der Waals surface area contributed by atoms with Crippen LogP contribution in [0.1, 0.15) is 19.6 Å². The van der Waals surface area contributed by atoms with Gasteiger partial charge in [-0.2, -0.15) is 0 Å². The minimum atomic E-state index is -0.364. The summed E-state index contributed by atoms with van der Waals surface area (Å²) >= 11 is 1.35. The number of pyridine rings is 1. The number of carbonyl (C=O) groups is 1. The van der Waals surface area contributed by atoms with E-state index in [1.807, 2.05) is 30.5 Å². The number of aryl methyl sites for hydroxylation is 1. The van der Waals surface area contributed by atoms with Gasteiger partial charge in [0, 0.05) is 30.6 Å². The van der Waals surface area contributed by atoms with Crippen molar-refractivity contribution in [1.29, 1.82) is 0 Å². The third-order valence-electron chi connectivity index (χ3n) is 3.50. The fourth-order valence-electron chi connectivity index (χ4n) is 2.24. The molecule has 3 heterocycles. The number of aromatic nitrogens is 5. The van der Waals surface area contributed by atoms with Crippen molar-refractivity contribution in [2.24, 2.45) is 0 Å². The number of amides is 1. The lowest BCUT2D eigenvalue weighted by atomic mass is 10.2. The molecule has 130 valence electrons. The molecule has 1 amide bonds. The van der Waals surface area contributed by atoms with Crippen LogP contribution in [0.4, 0.5) is 5.82 Å². The maximum atomic E-state index is 12.3. The summed E-state index contributed by atoms with van der Waals surface area (Å²) in [6.07, 6.45) is 3.43. The maximum Gasteiger partial charge on any atom is 0.238 e. The van der Waals surface area contributed by atoms with Crippen molar-refractivity contribution in [2.45, 2.75) is 37.7 Å². The Labute approximate surface area is 149 Å². The predicted octanol–water partition coefficient (Wildman–Crippen LogP) is 2.78. The van der Waals surface area contributed by atoms with E-state index in [2.05, 4.69) is 25.7 Å². The highest BCUT2D eigenvalue weighted by Gasteiger charge is 2.21. The molecule has 1 unspecified atom stereocenters. The molecule has 0 radical (unpaired) electrons. The van der Waals surface area contributed by atoms with Crippen molar-refractivity contribution < 1.29 is 9.32 Å². The Morgan fingerprint density at radius 3 is 2.76 bits per heavy atom. The molecule has 0 aliphatic rings. The molecule has 3 aromatic heterocycles. The van der Waals surface area contributed by atoms with Crippen LogP contribution in [-0.4, -0.2) is 36.1 Å². The number of hydrogen-bond donors (Lipinski definition) is 1. The minimum absolute atomic E-state index is 0.172. The molecule has 0 saturated carbocycles. The molecule has 0 bridgehead atoms. The number of carbonyl (C=O) groups excluding carboxylic acids is 1. The second-order valence-corrected chi connectivity index (χ2v) is 6.67. The Kier molecular flexibility index (Phi) is 5.13. The van der Waals surface area contributed by atoms with E-state index < -0.39 is 0 Å². The topological polar surface area (TPSA) is 98.7 Å². The molecular weight excluding hydrogens is 340 g/mol. The van der Waals surface area contributed by atoms with Gasteiger partial charge in [0.1, 0.15) is 5.76 Å². The van der Waals surface area contributed by atoms with Gasteiger partial charge in [-0.25, -0.2) is 0 Å². The van der Waals surface area contributed by atoms with E-state index >= 15 is 0 Å². The minimum Gasteiger partial charge on any atom is -0.360 e. The molecule has 9 heteroatoms. The van der Waals surface area contributed by atoms with E-state index in [0.29, 0.717) is 23.3 Å². The van der Waals surface area contributed by atoms with Gasteiger partial charge in [0.15, 0.2) is 16.8 Å². The second kappa shape index (κ2) is 7.47. The van der Waals surface area contributed by atoms with Gasteiger partial charge in [-0.05, 0) is 32.9 Å². The van der Waals surface area contributed by atoms with Crippen molar-refractivity contribution in [1.82, 2.24) is 24.9 Å². The lowest BCUT2D eigenvalue weighted by Gasteiger charge is -2.11. The van der Waals surface area contributed by atoms with E-state index in [1.54, 1.807) is 25.4 Å². The third kappa shape index (κ3) is 3.87. The van der Waals surface area contributed by atoms with Crippen LogP contribution in [0.5, 0.6) is 0 Å². The first-order chi connectivity index (χ1) is 12.1. The van der Waals surface area contributed by atoms with Crippen LogP contribution in [0.3, 0.4) is 0 Å². The number of nitrogens with one attached hydrogen (secondary N) is 1. The Balaban J connectivity index is 1.74. The van der Waals surface area contributed by atoms with Crippen molar-refractivity contribution in [3.05, 3.63) is 36.4 Å². The van der Waals surface area contributed by atoms with Gasteiger partial charge in [-0.15, -0.1) is 10.2 Å². The highest BCUT2D eigenvalue weighted by atomic mass is 32.2. The van der Waals surface area contributed by atoms with Gasteiger partial charge >= 0.3 is 0 Å². The molecule has 8 nitrogen and oxygen atoms in total. The first-order valence-corrected chi connectivity index (χ1v) is 8.71. The fraction of sp³-hybridized carbons (Fsp3) is 0.312. The number of rotatable bonds is 6. The van der Waals surface area contributed by atoms with Crippen molar-refractivity contribution in [3.63, 3.8) is 0 Å². The number of nitrogens with zero attached hydrogens (tertiary/aromatic N) is 5. The number of thioether (sulfide) groups is 1. The summed E-state index contributed by atoms with van der Waals surface area (Å²) < 4.78 is 6.93. The van der Waals surface area contributed by atoms with E-state index in [4.69, 9.17) is 4.52 Å². The van der Waals surface area contributed by atoms with Gasteiger partial charge in [0.2, 0.25) is 5.91 Å². The maximum absolute atomic E-state index is 12.3. The first kappa shape index (κ1) is 17.2. The Bertz CT molecular complexity index is 861. The largest absolute Gasteiger partial charge is 0.360 e. The average Bonchev–Trinajstić information content (AvgIpc) is 3.21. The SMILES string of the molecule is CCn1c(SC(C)C(=O)Nc2cc(C)on2)nnc1-c1ccncc1. The summed E-state index contributed by atoms with van der Waals surface area (Å²) in [5.41, 5.74) is 0.936. The van der Waals surface area contributed by atoms with Gasteiger partial charge in [0.25, 0.3) is 0 Å². The zero-order chi connectivity index (χ0) is 17.8. The van der Waals surface area contributed by atoms with E-state index in [-0.39, 0.29) is 11.2 Å². The van der Waals surface area contributed by atoms with Crippen LogP contribution >= 0.6 is 11.8 Å². The summed E-state index contributed by atoms with van der Waals surface area (Å²) in [5, 5.41) is 15.3. The quantitative estimate of drug-likeness (QED) is 0.676. The van der Waals surface area contributed by atoms with E-state index in [9.17, 15) is 4.79 Å². The Hall–Kier alpha value is -2.68. The molecule has 0 saturated heterocycles. The zero-order valence-electron chi connectivity index (χ0n) is 14.1. The highest BCUT2D eigenvalue weighted by Crippen LogP contribution is 2.27.